The topological polar surface area (TPSA) is 55.2 Å². The van der Waals surface area contributed by atoms with Gasteiger partial charge in [-0.25, -0.2) is 0 Å². The molecule has 1 aromatic rings. The monoisotopic (exact) mass is 192 g/mol. The van der Waals surface area contributed by atoms with Gasteiger partial charge in [-0.1, -0.05) is 6.92 Å². The van der Waals surface area contributed by atoms with E-state index in [1.54, 1.807) is 12.1 Å². The molecule has 4 nitrogen and oxygen atoms in total. The molecule has 0 fully saturated rings. The summed E-state index contributed by atoms with van der Waals surface area (Å²) in [7, 11) is 0. The Balaban J connectivity index is 2.46. The second kappa shape index (κ2) is 2.97. The Bertz CT molecular complexity index is 390. The molecule has 1 aromatic carbocycles. The SMILES string of the molecule is CC1Nc2ccc([N+](=O)[O-])cc2C1C. The first kappa shape index (κ1) is 8.99. The van der Waals surface area contributed by atoms with Gasteiger partial charge in [-0.05, 0) is 18.6 Å². The Kier molecular flexibility index (Phi) is 1.91. The molecule has 0 saturated heterocycles. The molecule has 0 radical (unpaired) electrons. The number of rotatable bonds is 1. The van der Waals surface area contributed by atoms with Crippen LogP contribution in [0, 0.1) is 10.1 Å². The molecule has 0 aromatic heterocycles. The third-order valence-corrected chi connectivity index (χ3v) is 2.87. The van der Waals surface area contributed by atoms with Crippen LogP contribution in [0.15, 0.2) is 18.2 Å². The van der Waals surface area contributed by atoms with E-state index < -0.39 is 0 Å². The Hall–Kier alpha value is -1.58. The van der Waals surface area contributed by atoms with Crippen molar-refractivity contribution < 1.29 is 4.92 Å². The van der Waals surface area contributed by atoms with E-state index in [2.05, 4.69) is 19.2 Å². The molecule has 1 aliphatic heterocycles. The summed E-state index contributed by atoms with van der Waals surface area (Å²) in [6.45, 7) is 4.16. The van der Waals surface area contributed by atoms with E-state index in [0.29, 0.717) is 12.0 Å². The lowest BCUT2D eigenvalue weighted by molar-refractivity contribution is -0.384. The van der Waals surface area contributed by atoms with Crippen molar-refractivity contribution >= 4 is 11.4 Å². The fraction of sp³-hybridized carbons (Fsp3) is 0.400. The zero-order chi connectivity index (χ0) is 10.3. The number of hydrogen-bond acceptors (Lipinski definition) is 3. The van der Waals surface area contributed by atoms with E-state index in [0.717, 1.165) is 11.3 Å². The molecule has 2 unspecified atom stereocenters. The summed E-state index contributed by atoms with van der Waals surface area (Å²) in [4.78, 5) is 10.2. The third-order valence-electron chi connectivity index (χ3n) is 2.87. The normalized spacial score (nSPS) is 24.1. The van der Waals surface area contributed by atoms with Crippen molar-refractivity contribution in [3.8, 4) is 0 Å². The predicted molar refractivity (Wildman–Crippen MR) is 54.6 cm³/mol. The van der Waals surface area contributed by atoms with E-state index in [1.807, 2.05) is 0 Å². The minimum absolute atomic E-state index is 0.173. The second-order valence-electron chi connectivity index (χ2n) is 3.75. The maximum atomic E-state index is 10.6. The minimum Gasteiger partial charge on any atom is -0.382 e. The van der Waals surface area contributed by atoms with Crippen molar-refractivity contribution in [1.82, 2.24) is 0 Å². The van der Waals surface area contributed by atoms with Crippen LogP contribution in [0.25, 0.3) is 0 Å². The number of nitrogens with one attached hydrogen (secondary N) is 1. The van der Waals surface area contributed by atoms with Crippen LogP contribution in [-0.2, 0) is 0 Å². The molecule has 0 aliphatic carbocycles. The summed E-state index contributed by atoms with van der Waals surface area (Å²) in [5.74, 6) is 0.338. The number of nitrogens with zero attached hydrogens (tertiary/aromatic N) is 1. The fourth-order valence-electron chi connectivity index (χ4n) is 1.81. The highest BCUT2D eigenvalue weighted by Crippen LogP contribution is 2.37. The maximum Gasteiger partial charge on any atom is 0.269 e. The molecule has 0 amide bonds. The summed E-state index contributed by atoms with van der Waals surface area (Å²) >= 11 is 0. The van der Waals surface area contributed by atoms with E-state index in [9.17, 15) is 10.1 Å². The van der Waals surface area contributed by atoms with Gasteiger partial charge in [0.2, 0.25) is 0 Å². The van der Waals surface area contributed by atoms with Gasteiger partial charge in [-0.2, -0.15) is 0 Å². The number of hydrogen-bond donors (Lipinski definition) is 1. The van der Waals surface area contributed by atoms with Crippen LogP contribution < -0.4 is 5.32 Å². The Morgan fingerprint density at radius 2 is 2.14 bits per heavy atom. The molecular formula is C10H12N2O2. The van der Waals surface area contributed by atoms with Crippen LogP contribution in [0.5, 0.6) is 0 Å². The average Bonchev–Trinajstić information content (AvgIpc) is 2.43. The van der Waals surface area contributed by atoms with Gasteiger partial charge in [-0.15, -0.1) is 0 Å². The van der Waals surface area contributed by atoms with Crippen LogP contribution in [0.3, 0.4) is 0 Å². The van der Waals surface area contributed by atoms with Crippen molar-refractivity contribution in [3.63, 3.8) is 0 Å². The second-order valence-corrected chi connectivity index (χ2v) is 3.75. The van der Waals surface area contributed by atoms with Gasteiger partial charge in [0.1, 0.15) is 0 Å². The number of non-ortho nitro benzene ring substituents is 1. The summed E-state index contributed by atoms with van der Waals surface area (Å²) in [5.41, 5.74) is 2.24. The Morgan fingerprint density at radius 1 is 1.43 bits per heavy atom. The lowest BCUT2D eigenvalue weighted by Gasteiger charge is -2.08. The Labute approximate surface area is 82.1 Å². The smallest absolute Gasteiger partial charge is 0.269 e. The number of nitro benzene ring substituents is 1. The highest BCUT2D eigenvalue weighted by atomic mass is 16.6. The largest absolute Gasteiger partial charge is 0.382 e. The van der Waals surface area contributed by atoms with Gasteiger partial charge in [0.05, 0.1) is 4.92 Å². The zero-order valence-electron chi connectivity index (χ0n) is 8.15. The van der Waals surface area contributed by atoms with Gasteiger partial charge in [0, 0.05) is 29.8 Å². The molecule has 4 heteroatoms. The number of anilines is 1. The molecule has 1 heterocycles. The molecule has 1 N–H and O–H groups in total. The van der Waals surface area contributed by atoms with E-state index in [-0.39, 0.29) is 10.6 Å². The van der Waals surface area contributed by atoms with Crippen molar-refractivity contribution in [2.75, 3.05) is 5.32 Å². The first-order valence-electron chi connectivity index (χ1n) is 4.64. The zero-order valence-corrected chi connectivity index (χ0v) is 8.15. The van der Waals surface area contributed by atoms with Crippen LogP contribution >= 0.6 is 0 Å². The predicted octanol–water partition coefficient (Wildman–Crippen LogP) is 2.51. The van der Waals surface area contributed by atoms with Gasteiger partial charge in [0.25, 0.3) is 5.69 Å². The minimum atomic E-state index is -0.351. The number of benzene rings is 1. The molecule has 0 bridgehead atoms. The van der Waals surface area contributed by atoms with E-state index in [4.69, 9.17) is 0 Å². The Morgan fingerprint density at radius 3 is 2.79 bits per heavy atom. The number of nitro groups is 1. The van der Waals surface area contributed by atoms with Crippen LogP contribution in [0.1, 0.15) is 25.3 Å². The van der Waals surface area contributed by atoms with Crippen molar-refractivity contribution in [2.45, 2.75) is 25.8 Å². The van der Waals surface area contributed by atoms with Gasteiger partial charge < -0.3 is 5.32 Å². The van der Waals surface area contributed by atoms with Gasteiger partial charge in [0.15, 0.2) is 0 Å². The molecule has 74 valence electrons. The first-order chi connectivity index (χ1) is 6.59. The molecule has 14 heavy (non-hydrogen) atoms. The van der Waals surface area contributed by atoms with Gasteiger partial charge in [-0.3, -0.25) is 10.1 Å². The molecule has 0 spiro atoms. The quantitative estimate of drug-likeness (QED) is 0.549. The van der Waals surface area contributed by atoms with E-state index in [1.165, 1.54) is 6.07 Å². The molecule has 2 atom stereocenters. The van der Waals surface area contributed by atoms with E-state index >= 15 is 0 Å². The van der Waals surface area contributed by atoms with Crippen molar-refractivity contribution in [2.24, 2.45) is 0 Å². The highest BCUT2D eigenvalue weighted by molar-refractivity contribution is 5.62. The summed E-state index contributed by atoms with van der Waals surface area (Å²) in [6, 6.07) is 5.34. The lowest BCUT2D eigenvalue weighted by Crippen LogP contribution is -2.12. The number of fused-ring (bicyclic) bond motifs is 1. The van der Waals surface area contributed by atoms with Crippen LogP contribution in [0.2, 0.25) is 0 Å². The fourth-order valence-corrected chi connectivity index (χ4v) is 1.81. The van der Waals surface area contributed by atoms with Crippen LogP contribution in [0.4, 0.5) is 11.4 Å². The summed E-state index contributed by atoms with van der Waals surface area (Å²) < 4.78 is 0. The van der Waals surface area contributed by atoms with Gasteiger partial charge >= 0.3 is 0 Å². The van der Waals surface area contributed by atoms with Crippen molar-refractivity contribution in [1.29, 1.82) is 0 Å². The standard InChI is InChI=1S/C10H12N2O2/c1-6-7(2)11-10-4-3-8(12(13)14)5-9(6)10/h3-7,11H,1-2H3. The average molecular weight is 192 g/mol. The summed E-state index contributed by atoms with van der Waals surface area (Å²) in [5, 5.41) is 13.9. The third kappa shape index (κ3) is 1.23. The molecule has 1 aliphatic rings. The maximum absolute atomic E-state index is 10.6. The lowest BCUT2D eigenvalue weighted by atomic mass is 9.98. The molecular weight excluding hydrogens is 180 g/mol. The summed E-state index contributed by atoms with van der Waals surface area (Å²) in [6.07, 6.45) is 0. The molecule has 0 saturated carbocycles. The first-order valence-corrected chi connectivity index (χ1v) is 4.64. The van der Waals surface area contributed by atoms with Crippen LogP contribution in [-0.4, -0.2) is 11.0 Å². The van der Waals surface area contributed by atoms with Crippen molar-refractivity contribution in [3.05, 3.63) is 33.9 Å². The molecule has 2 rings (SSSR count). The highest BCUT2D eigenvalue weighted by Gasteiger charge is 2.26.